The van der Waals surface area contributed by atoms with E-state index in [9.17, 15) is 0 Å². The number of nitrogens with zero attached hydrogens (tertiary/aromatic N) is 3. The van der Waals surface area contributed by atoms with E-state index < -0.39 is 0 Å². The summed E-state index contributed by atoms with van der Waals surface area (Å²) in [6.45, 7) is 6.26. The van der Waals surface area contributed by atoms with Gasteiger partial charge in [0.2, 0.25) is 0 Å². The van der Waals surface area contributed by atoms with Gasteiger partial charge in [0.25, 0.3) is 0 Å². The normalized spacial score (nSPS) is 21.0. The zero-order chi connectivity index (χ0) is 16.2. The van der Waals surface area contributed by atoms with Crippen LogP contribution in [0.4, 0.5) is 5.69 Å². The van der Waals surface area contributed by atoms with Crippen LogP contribution in [0.15, 0.2) is 65.7 Å². The van der Waals surface area contributed by atoms with E-state index >= 15 is 0 Å². The van der Waals surface area contributed by atoms with Gasteiger partial charge in [-0.15, -0.1) is 0 Å². The van der Waals surface area contributed by atoms with Crippen molar-refractivity contribution in [2.75, 3.05) is 4.90 Å². The fourth-order valence-corrected chi connectivity index (χ4v) is 3.11. The summed E-state index contributed by atoms with van der Waals surface area (Å²) in [5.41, 5.74) is 4.42. The Balaban J connectivity index is 2.09. The van der Waals surface area contributed by atoms with E-state index in [0.717, 1.165) is 17.8 Å². The number of aromatic nitrogens is 1. The third kappa shape index (κ3) is 3.04. The maximum atomic E-state index is 5.00. The second kappa shape index (κ2) is 6.78. The van der Waals surface area contributed by atoms with E-state index in [1.807, 2.05) is 19.1 Å². The molecule has 3 heteroatoms. The van der Waals surface area contributed by atoms with Crippen LogP contribution in [0.2, 0.25) is 0 Å². The number of hydrogen-bond acceptors (Lipinski definition) is 3. The SMILES string of the molecule is C/C=C\C1C(CC)=NC(c2cccc(C)n2)N1c1ccccc1. The van der Waals surface area contributed by atoms with Crippen LogP contribution in [-0.4, -0.2) is 16.7 Å². The van der Waals surface area contributed by atoms with Crippen molar-refractivity contribution in [3.05, 3.63) is 72.1 Å². The van der Waals surface area contributed by atoms with Gasteiger partial charge in [-0.3, -0.25) is 9.98 Å². The lowest BCUT2D eigenvalue weighted by Crippen LogP contribution is -2.35. The van der Waals surface area contributed by atoms with E-state index in [0.29, 0.717) is 0 Å². The van der Waals surface area contributed by atoms with Gasteiger partial charge in [-0.25, -0.2) is 0 Å². The molecule has 3 nitrogen and oxygen atoms in total. The number of hydrogen-bond donors (Lipinski definition) is 0. The maximum Gasteiger partial charge on any atom is 0.164 e. The molecule has 2 aromatic rings. The second-order valence-electron chi connectivity index (χ2n) is 5.76. The molecule has 0 spiro atoms. The largest absolute Gasteiger partial charge is 0.333 e. The van der Waals surface area contributed by atoms with Crippen molar-refractivity contribution in [1.82, 2.24) is 4.98 Å². The summed E-state index contributed by atoms with van der Waals surface area (Å²) < 4.78 is 0. The van der Waals surface area contributed by atoms with Crippen LogP contribution < -0.4 is 4.90 Å². The quantitative estimate of drug-likeness (QED) is 0.766. The molecule has 0 radical (unpaired) electrons. The lowest BCUT2D eigenvalue weighted by atomic mass is 10.1. The van der Waals surface area contributed by atoms with Crippen LogP contribution in [0.1, 0.15) is 37.8 Å². The van der Waals surface area contributed by atoms with Crippen molar-refractivity contribution in [2.45, 2.75) is 39.4 Å². The zero-order valence-corrected chi connectivity index (χ0v) is 14.0. The minimum Gasteiger partial charge on any atom is -0.333 e. The number of para-hydroxylation sites is 1. The van der Waals surface area contributed by atoms with E-state index in [1.165, 1.54) is 11.4 Å². The number of rotatable bonds is 4. The van der Waals surface area contributed by atoms with Gasteiger partial charge in [0.05, 0.1) is 11.7 Å². The molecule has 0 bridgehead atoms. The van der Waals surface area contributed by atoms with Gasteiger partial charge < -0.3 is 4.90 Å². The smallest absolute Gasteiger partial charge is 0.164 e. The lowest BCUT2D eigenvalue weighted by Gasteiger charge is -2.30. The van der Waals surface area contributed by atoms with Crippen LogP contribution in [0.3, 0.4) is 0 Å². The summed E-state index contributed by atoms with van der Waals surface area (Å²) >= 11 is 0. The van der Waals surface area contributed by atoms with Gasteiger partial charge in [-0.05, 0) is 44.5 Å². The molecule has 0 saturated heterocycles. The summed E-state index contributed by atoms with van der Waals surface area (Å²) in [5.74, 6) is 0. The molecule has 1 aliphatic rings. The summed E-state index contributed by atoms with van der Waals surface area (Å²) in [6.07, 6.45) is 5.22. The Labute approximate surface area is 138 Å². The fraction of sp³-hybridized carbons (Fsp3) is 0.300. The Morgan fingerprint density at radius 1 is 1.09 bits per heavy atom. The van der Waals surface area contributed by atoms with Crippen molar-refractivity contribution in [3.8, 4) is 0 Å². The van der Waals surface area contributed by atoms with Gasteiger partial charge in [-0.2, -0.15) is 0 Å². The average Bonchev–Trinajstić information content (AvgIpc) is 2.94. The molecule has 0 saturated carbocycles. The molecule has 0 aliphatic carbocycles. The topological polar surface area (TPSA) is 28.5 Å². The summed E-state index contributed by atoms with van der Waals surface area (Å²) in [7, 11) is 0. The first-order valence-electron chi connectivity index (χ1n) is 8.21. The van der Waals surface area contributed by atoms with E-state index in [2.05, 4.69) is 67.3 Å². The van der Waals surface area contributed by atoms with Crippen LogP contribution in [0.25, 0.3) is 0 Å². The van der Waals surface area contributed by atoms with Gasteiger partial charge >= 0.3 is 0 Å². The minimum atomic E-state index is -0.0616. The molecule has 2 atom stereocenters. The Morgan fingerprint density at radius 3 is 2.52 bits per heavy atom. The van der Waals surface area contributed by atoms with Crippen LogP contribution in [0, 0.1) is 6.92 Å². The van der Waals surface area contributed by atoms with Crippen molar-refractivity contribution >= 4 is 11.4 Å². The summed E-state index contributed by atoms with van der Waals surface area (Å²) in [6, 6.07) is 16.8. The standard InChI is InChI=1S/C20H23N3/c1-4-10-19-17(5-2)22-20(18-14-9-11-15(3)21-18)23(19)16-12-7-6-8-13-16/h4,6-14,19-20H,5H2,1-3H3/b10-4-. The third-order valence-electron chi connectivity index (χ3n) is 4.16. The fourth-order valence-electron chi connectivity index (χ4n) is 3.11. The predicted octanol–water partition coefficient (Wildman–Crippen LogP) is 4.70. The first-order valence-corrected chi connectivity index (χ1v) is 8.21. The minimum absolute atomic E-state index is 0.0616. The van der Waals surface area contributed by atoms with Gasteiger partial charge in [-0.1, -0.05) is 43.3 Å². The maximum absolute atomic E-state index is 5.00. The monoisotopic (exact) mass is 305 g/mol. The number of benzene rings is 1. The summed E-state index contributed by atoms with van der Waals surface area (Å²) in [5, 5.41) is 0. The van der Waals surface area contributed by atoms with Crippen molar-refractivity contribution in [2.24, 2.45) is 4.99 Å². The molecule has 23 heavy (non-hydrogen) atoms. The molecule has 1 aliphatic heterocycles. The molecule has 1 aromatic carbocycles. The molecule has 0 amide bonds. The molecule has 1 aromatic heterocycles. The van der Waals surface area contributed by atoms with E-state index in [1.54, 1.807) is 0 Å². The highest BCUT2D eigenvalue weighted by Crippen LogP contribution is 2.36. The molecule has 3 rings (SSSR count). The van der Waals surface area contributed by atoms with Crippen LogP contribution in [-0.2, 0) is 0 Å². The Morgan fingerprint density at radius 2 is 1.87 bits per heavy atom. The lowest BCUT2D eigenvalue weighted by molar-refractivity contribution is 0.673. The average molecular weight is 305 g/mol. The van der Waals surface area contributed by atoms with Crippen LogP contribution in [0.5, 0.6) is 0 Å². The van der Waals surface area contributed by atoms with Crippen molar-refractivity contribution < 1.29 is 0 Å². The number of pyridine rings is 1. The van der Waals surface area contributed by atoms with Crippen LogP contribution >= 0.6 is 0 Å². The second-order valence-corrected chi connectivity index (χ2v) is 5.76. The zero-order valence-electron chi connectivity index (χ0n) is 14.0. The highest BCUT2D eigenvalue weighted by atomic mass is 15.3. The Kier molecular flexibility index (Phi) is 4.56. The predicted molar refractivity (Wildman–Crippen MR) is 97.0 cm³/mol. The molecule has 0 fully saturated rings. The first-order chi connectivity index (χ1) is 11.2. The molecule has 118 valence electrons. The van der Waals surface area contributed by atoms with Gasteiger partial charge in [0.15, 0.2) is 6.17 Å². The number of aliphatic imine (C=N–C) groups is 1. The highest BCUT2D eigenvalue weighted by molar-refractivity contribution is 5.96. The molecular formula is C20H23N3. The molecule has 2 heterocycles. The van der Waals surface area contributed by atoms with Gasteiger partial charge in [0, 0.05) is 17.1 Å². The van der Waals surface area contributed by atoms with Crippen molar-refractivity contribution in [1.29, 1.82) is 0 Å². The molecular weight excluding hydrogens is 282 g/mol. The first kappa shape index (κ1) is 15.5. The Bertz CT molecular complexity index is 719. The Hall–Kier alpha value is -2.42. The van der Waals surface area contributed by atoms with Crippen molar-refractivity contribution in [3.63, 3.8) is 0 Å². The highest BCUT2D eigenvalue weighted by Gasteiger charge is 2.35. The number of aryl methyl sites for hydroxylation is 1. The summed E-state index contributed by atoms with van der Waals surface area (Å²) in [4.78, 5) is 12.1. The van der Waals surface area contributed by atoms with E-state index in [4.69, 9.17) is 9.98 Å². The van der Waals surface area contributed by atoms with E-state index in [-0.39, 0.29) is 12.2 Å². The van der Waals surface area contributed by atoms with Gasteiger partial charge in [0.1, 0.15) is 0 Å². The molecule has 0 N–H and O–H groups in total. The molecule has 2 unspecified atom stereocenters. The third-order valence-corrected chi connectivity index (χ3v) is 4.16. The number of anilines is 1. The number of allylic oxidation sites excluding steroid dienone is 1.